The standard InChI is InChI=1S/C11H16O/c1-6(2)9-8(5)10(7(3)4)11(9)12/h8H,1-5H3. The van der Waals surface area contributed by atoms with Gasteiger partial charge >= 0.3 is 0 Å². The van der Waals surface area contributed by atoms with E-state index in [1.54, 1.807) is 0 Å². The molecule has 1 heteroatoms. The lowest BCUT2D eigenvalue weighted by atomic mass is 9.70. The van der Waals surface area contributed by atoms with E-state index in [4.69, 9.17) is 0 Å². The van der Waals surface area contributed by atoms with E-state index in [2.05, 4.69) is 6.92 Å². The lowest BCUT2D eigenvalue weighted by molar-refractivity contribution is -0.115. The zero-order chi connectivity index (χ0) is 9.46. The molecule has 0 aliphatic heterocycles. The van der Waals surface area contributed by atoms with Gasteiger partial charge < -0.3 is 0 Å². The summed E-state index contributed by atoms with van der Waals surface area (Å²) in [6, 6.07) is 0. The Labute approximate surface area is 74.2 Å². The predicted octanol–water partition coefficient (Wildman–Crippen LogP) is 2.88. The summed E-state index contributed by atoms with van der Waals surface area (Å²) in [4.78, 5) is 11.5. The fourth-order valence-corrected chi connectivity index (χ4v) is 1.93. The minimum Gasteiger partial charge on any atom is -0.289 e. The number of allylic oxidation sites excluding steroid dienone is 4. The Morgan fingerprint density at radius 3 is 1.50 bits per heavy atom. The highest BCUT2D eigenvalue weighted by Crippen LogP contribution is 2.38. The molecule has 0 aromatic carbocycles. The van der Waals surface area contributed by atoms with Gasteiger partial charge in [0.2, 0.25) is 0 Å². The monoisotopic (exact) mass is 164 g/mol. The molecular weight excluding hydrogens is 148 g/mol. The van der Waals surface area contributed by atoms with E-state index in [1.807, 2.05) is 27.7 Å². The second-order valence-electron chi connectivity index (χ2n) is 3.88. The molecule has 0 amide bonds. The van der Waals surface area contributed by atoms with Crippen molar-refractivity contribution in [2.24, 2.45) is 5.92 Å². The van der Waals surface area contributed by atoms with Crippen molar-refractivity contribution < 1.29 is 4.79 Å². The quantitative estimate of drug-likeness (QED) is 0.503. The minimum absolute atomic E-state index is 0.266. The Hall–Kier alpha value is -0.850. The maximum atomic E-state index is 11.5. The first kappa shape index (κ1) is 9.24. The third-order valence-electron chi connectivity index (χ3n) is 2.43. The summed E-state index contributed by atoms with van der Waals surface area (Å²) < 4.78 is 0. The molecule has 0 saturated heterocycles. The summed E-state index contributed by atoms with van der Waals surface area (Å²) in [5.74, 6) is 0.634. The van der Waals surface area contributed by atoms with Crippen molar-refractivity contribution in [2.45, 2.75) is 34.6 Å². The Morgan fingerprint density at radius 2 is 1.33 bits per heavy atom. The van der Waals surface area contributed by atoms with Gasteiger partial charge in [0.1, 0.15) is 0 Å². The molecule has 1 aliphatic rings. The summed E-state index contributed by atoms with van der Waals surface area (Å²) in [5, 5.41) is 0. The van der Waals surface area contributed by atoms with E-state index in [1.165, 1.54) is 0 Å². The van der Waals surface area contributed by atoms with Gasteiger partial charge in [-0.1, -0.05) is 18.1 Å². The molecule has 0 aromatic rings. The van der Waals surface area contributed by atoms with Crippen molar-refractivity contribution in [3.8, 4) is 0 Å². The van der Waals surface area contributed by atoms with Crippen LogP contribution in [0.3, 0.4) is 0 Å². The molecule has 12 heavy (non-hydrogen) atoms. The molecule has 1 fully saturated rings. The number of hydrogen-bond acceptors (Lipinski definition) is 1. The molecule has 0 unspecified atom stereocenters. The Morgan fingerprint density at radius 1 is 1.00 bits per heavy atom. The molecule has 0 spiro atoms. The first-order valence-corrected chi connectivity index (χ1v) is 4.36. The summed E-state index contributed by atoms with van der Waals surface area (Å²) in [6.07, 6.45) is 0. The van der Waals surface area contributed by atoms with Crippen LogP contribution >= 0.6 is 0 Å². The predicted molar refractivity (Wildman–Crippen MR) is 50.9 cm³/mol. The molecule has 0 radical (unpaired) electrons. The normalized spacial score (nSPS) is 17.9. The van der Waals surface area contributed by atoms with Crippen molar-refractivity contribution in [2.75, 3.05) is 0 Å². The van der Waals surface area contributed by atoms with Crippen LogP contribution in [0.1, 0.15) is 34.6 Å². The van der Waals surface area contributed by atoms with Crippen LogP contribution in [0, 0.1) is 5.92 Å². The first-order chi connectivity index (χ1) is 5.46. The molecule has 0 N–H and O–H groups in total. The van der Waals surface area contributed by atoms with E-state index in [9.17, 15) is 4.79 Å². The number of ketones is 1. The molecule has 1 nitrogen and oxygen atoms in total. The van der Waals surface area contributed by atoms with Gasteiger partial charge in [0.25, 0.3) is 0 Å². The maximum Gasteiger partial charge on any atom is 0.186 e. The Bertz CT molecular complexity index is 256. The van der Waals surface area contributed by atoms with Gasteiger partial charge in [-0.2, -0.15) is 0 Å². The minimum atomic E-state index is 0.266. The highest BCUT2D eigenvalue weighted by atomic mass is 16.1. The number of rotatable bonds is 0. The lowest BCUT2D eigenvalue weighted by Gasteiger charge is -2.31. The topological polar surface area (TPSA) is 17.1 Å². The molecule has 1 rings (SSSR count). The average molecular weight is 164 g/mol. The van der Waals surface area contributed by atoms with Gasteiger partial charge in [0.15, 0.2) is 5.78 Å². The number of carbonyl (C=O) groups is 1. The van der Waals surface area contributed by atoms with Crippen molar-refractivity contribution >= 4 is 5.78 Å². The van der Waals surface area contributed by atoms with Crippen molar-refractivity contribution in [1.29, 1.82) is 0 Å². The highest BCUT2D eigenvalue weighted by Gasteiger charge is 2.37. The summed E-state index contributed by atoms with van der Waals surface area (Å²) >= 11 is 0. The number of carbonyl (C=O) groups excluding carboxylic acids is 1. The van der Waals surface area contributed by atoms with Crippen LogP contribution < -0.4 is 0 Å². The lowest BCUT2D eigenvalue weighted by Crippen LogP contribution is -2.31. The molecule has 0 aromatic heterocycles. The van der Waals surface area contributed by atoms with E-state index in [0.717, 1.165) is 22.3 Å². The van der Waals surface area contributed by atoms with Gasteiger partial charge in [0, 0.05) is 17.1 Å². The smallest absolute Gasteiger partial charge is 0.186 e. The Balaban J connectivity index is 3.08. The molecule has 66 valence electrons. The van der Waals surface area contributed by atoms with Crippen LogP contribution in [0.15, 0.2) is 22.3 Å². The average Bonchev–Trinajstić information content (AvgIpc) is 1.84. The largest absolute Gasteiger partial charge is 0.289 e. The van der Waals surface area contributed by atoms with Gasteiger partial charge in [-0.15, -0.1) is 0 Å². The summed E-state index contributed by atoms with van der Waals surface area (Å²) in [5.41, 5.74) is 4.37. The second-order valence-corrected chi connectivity index (χ2v) is 3.88. The molecule has 0 bridgehead atoms. The van der Waals surface area contributed by atoms with Gasteiger partial charge in [-0.3, -0.25) is 4.79 Å². The third-order valence-corrected chi connectivity index (χ3v) is 2.43. The van der Waals surface area contributed by atoms with Crippen molar-refractivity contribution in [3.05, 3.63) is 22.3 Å². The van der Waals surface area contributed by atoms with Gasteiger partial charge in [0.05, 0.1) is 0 Å². The SMILES string of the molecule is CC(C)=C1C(=O)C(=C(C)C)C1C. The first-order valence-electron chi connectivity index (χ1n) is 4.36. The fourth-order valence-electron chi connectivity index (χ4n) is 1.93. The number of Topliss-reactive ketones (excluding diaryl/α,β-unsaturated/α-hetero) is 1. The van der Waals surface area contributed by atoms with E-state index in [-0.39, 0.29) is 5.78 Å². The summed E-state index contributed by atoms with van der Waals surface area (Å²) in [7, 11) is 0. The Kier molecular flexibility index (Phi) is 2.22. The van der Waals surface area contributed by atoms with E-state index >= 15 is 0 Å². The van der Waals surface area contributed by atoms with Crippen LogP contribution in [-0.4, -0.2) is 5.78 Å². The molecule has 1 saturated carbocycles. The molecule has 0 atom stereocenters. The van der Waals surface area contributed by atoms with E-state index < -0.39 is 0 Å². The van der Waals surface area contributed by atoms with Crippen molar-refractivity contribution in [3.63, 3.8) is 0 Å². The van der Waals surface area contributed by atoms with Gasteiger partial charge in [-0.05, 0) is 27.7 Å². The molecule has 0 heterocycles. The second kappa shape index (κ2) is 2.89. The van der Waals surface area contributed by atoms with Gasteiger partial charge in [-0.25, -0.2) is 0 Å². The third kappa shape index (κ3) is 1.13. The maximum absolute atomic E-state index is 11.5. The fraction of sp³-hybridized carbons (Fsp3) is 0.545. The van der Waals surface area contributed by atoms with Crippen LogP contribution in [0.25, 0.3) is 0 Å². The molecule has 1 aliphatic carbocycles. The van der Waals surface area contributed by atoms with Crippen LogP contribution in [0.5, 0.6) is 0 Å². The zero-order valence-electron chi connectivity index (χ0n) is 8.49. The molecular formula is C11H16O. The van der Waals surface area contributed by atoms with Crippen molar-refractivity contribution in [1.82, 2.24) is 0 Å². The van der Waals surface area contributed by atoms with Crippen LogP contribution in [0.4, 0.5) is 0 Å². The van der Waals surface area contributed by atoms with Crippen LogP contribution in [0.2, 0.25) is 0 Å². The summed E-state index contributed by atoms with van der Waals surface area (Å²) in [6.45, 7) is 10.1. The van der Waals surface area contributed by atoms with E-state index in [0.29, 0.717) is 5.92 Å². The zero-order valence-corrected chi connectivity index (χ0v) is 8.49. The number of hydrogen-bond donors (Lipinski definition) is 0. The highest BCUT2D eigenvalue weighted by molar-refractivity contribution is 6.17. The van der Waals surface area contributed by atoms with Crippen LogP contribution in [-0.2, 0) is 4.79 Å².